The molecule has 3 fully saturated rings. The molecule has 0 spiro atoms. The van der Waals surface area contributed by atoms with E-state index in [1.165, 1.54) is 11.3 Å². The SMILES string of the molecule is O=C(Nc1ncsc1-c1cccnc1)OCC12CCN(CC1)CC2. The van der Waals surface area contributed by atoms with E-state index in [0.717, 1.165) is 49.3 Å². The minimum atomic E-state index is -0.423. The molecule has 2 aromatic rings. The number of aromatic nitrogens is 2. The highest BCUT2D eigenvalue weighted by Crippen LogP contribution is 2.40. The Bertz CT molecular complexity index is 697. The second-order valence-corrected chi connectivity index (χ2v) is 7.42. The first-order valence-corrected chi connectivity index (χ1v) is 9.12. The zero-order chi connectivity index (χ0) is 16.4. The zero-order valence-corrected chi connectivity index (χ0v) is 14.2. The number of amides is 1. The number of thiazole rings is 1. The van der Waals surface area contributed by atoms with Crippen LogP contribution in [0.15, 0.2) is 30.0 Å². The van der Waals surface area contributed by atoms with Crippen molar-refractivity contribution < 1.29 is 9.53 Å². The maximum absolute atomic E-state index is 12.2. The van der Waals surface area contributed by atoms with Crippen LogP contribution in [0.1, 0.15) is 19.3 Å². The summed E-state index contributed by atoms with van der Waals surface area (Å²) in [4.78, 5) is 23.9. The van der Waals surface area contributed by atoms with Gasteiger partial charge in [-0.3, -0.25) is 10.3 Å². The van der Waals surface area contributed by atoms with E-state index in [2.05, 4.69) is 20.2 Å². The Morgan fingerprint density at radius 1 is 1.33 bits per heavy atom. The van der Waals surface area contributed by atoms with Gasteiger partial charge in [-0.15, -0.1) is 11.3 Å². The number of ether oxygens (including phenoxy) is 1. The van der Waals surface area contributed by atoms with Gasteiger partial charge >= 0.3 is 6.09 Å². The lowest BCUT2D eigenvalue weighted by molar-refractivity contribution is -0.0190. The lowest BCUT2D eigenvalue weighted by Crippen LogP contribution is -2.50. The molecule has 24 heavy (non-hydrogen) atoms. The smallest absolute Gasteiger partial charge is 0.412 e. The summed E-state index contributed by atoms with van der Waals surface area (Å²) in [5, 5.41) is 2.78. The summed E-state index contributed by atoms with van der Waals surface area (Å²) in [6.45, 7) is 3.88. The number of nitrogens with zero attached hydrogens (tertiary/aromatic N) is 3. The molecule has 7 heteroatoms. The third kappa shape index (κ3) is 3.14. The maximum Gasteiger partial charge on any atom is 0.412 e. The predicted molar refractivity (Wildman–Crippen MR) is 93.0 cm³/mol. The number of carbonyl (C=O) groups is 1. The molecule has 5 heterocycles. The second kappa shape index (κ2) is 6.49. The average molecular weight is 344 g/mol. The van der Waals surface area contributed by atoms with E-state index in [9.17, 15) is 4.79 Å². The van der Waals surface area contributed by atoms with Gasteiger partial charge in [-0.1, -0.05) is 6.07 Å². The van der Waals surface area contributed by atoms with Crippen LogP contribution in [0.5, 0.6) is 0 Å². The molecule has 3 saturated heterocycles. The minimum absolute atomic E-state index is 0.181. The van der Waals surface area contributed by atoms with Crippen molar-refractivity contribution in [2.45, 2.75) is 19.3 Å². The fraction of sp³-hybridized carbons (Fsp3) is 0.471. The molecule has 0 aromatic carbocycles. The molecule has 3 aliphatic heterocycles. The second-order valence-electron chi connectivity index (χ2n) is 6.56. The maximum atomic E-state index is 12.2. The average Bonchev–Trinajstić information content (AvgIpc) is 3.10. The summed E-state index contributed by atoms with van der Waals surface area (Å²) < 4.78 is 5.55. The number of rotatable bonds is 4. The third-order valence-corrected chi connectivity index (χ3v) is 5.97. The van der Waals surface area contributed by atoms with Gasteiger partial charge in [0.05, 0.1) is 17.0 Å². The Hall–Kier alpha value is -1.99. The van der Waals surface area contributed by atoms with Crippen LogP contribution in [0.25, 0.3) is 10.4 Å². The van der Waals surface area contributed by atoms with Crippen molar-refractivity contribution in [2.24, 2.45) is 5.41 Å². The fourth-order valence-corrected chi connectivity index (χ4v) is 4.24. The van der Waals surface area contributed by atoms with E-state index < -0.39 is 6.09 Å². The number of pyridine rings is 1. The highest BCUT2D eigenvalue weighted by atomic mass is 32.1. The molecule has 0 unspecified atom stereocenters. The van der Waals surface area contributed by atoms with Crippen LogP contribution in [0.4, 0.5) is 10.6 Å². The molecule has 0 saturated carbocycles. The molecule has 5 rings (SSSR count). The molecule has 1 amide bonds. The van der Waals surface area contributed by atoms with E-state index in [0.29, 0.717) is 12.4 Å². The van der Waals surface area contributed by atoms with Gasteiger partial charge in [-0.05, 0) is 45.0 Å². The molecule has 2 aromatic heterocycles. The van der Waals surface area contributed by atoms with Gasteiger partial charge in [0.25, 0.3) is 0 Å². The van der Waals surface area contributed by atoms with Gasteiger partial charge in [-0.25, -0.2) is 9.78 Å². The highest BCUT2D eigenvalue weighted by molar-refractivity contribution is 7.13. The topological polar surface area (TPSA) is 67.3 Å². The first-order valence-electron chi connectivity index (χ1n) is 8.24. The van der Waals surface area contributed by atoms with Gasteiger partial charge in [0.15, 0.2) is 5.82 Å². The number of nitrogens with one attached hydrogen (secondary N) is 1. The van der Waals surface area contributed by atoms with Crippen LogP contribution >= 0.6 is 11.3 Å². The van der Waals surface area contributed by atoms with Crippen LogP contribution in [-0.2, 0) is 4.74 Å². The summed E-state index contributed by atoms with van der Waals surface area (Å²) in [5.41, 5.74) is 2.84. The van der Waals surface area contributed by atoms with Crippen molar-refractivity contribution in [3.05, 3.63) is 30.0 Å². The van der Waals surface area contributed by atoms with E-state index in [4.69, 9.17) is 4.74 Å². The number of piperidine rings is 3. The van der Waals surface area contributed by atoms with Gasteiger partial charge in [-0.2, -0.15) is 0 Å². The summed E-state index contributed by atoms with van der Waals surface area (Å²) in [6, 6.07) is 3.82. The molecular weight excluding hydrogens is 324 g/mol. The Labute approximate surface area is 144 Å². The third-order valence-electron chi connectivity index (χ3n) is 5.10. The Morgan fingerprint density at radius 2 is 2.12 bits per heavy atom. The summed E-state index contributed by atoms with van der Waals surface area (Å²) in [7, 11) is 0. The van der Waals surface area contributed by atoms with Crippen LogP contribution in [0.3, 0.4) is 0 Å². The Morgan fingerprint density at radius 3 is 2.83 bits per heavy atom. The molecule has 3 aliphatic rings. The van der Waals surface area contributed by atoms with Gasteiger partial charge in [0.1, 0.15) is 0 Å². The van der Waals surface area contributed by atoms with Gasteiger partial charge in [0.2, 0.25) is 0 Å². The number of hydrogen-bond acceptors (Lipinski definition) is 6. The number of hydrogen-bond donors (Lipinski definition) is 1. The quantitative estimate of drug-likeness (QED) is 0.922. The van der Waals surface area contributed by atoms with E-state index in [1.54, 1.807) is 17.9 Å². The Kier molecular flexibility index (Phi) is 4.20. The van der Waals surface area contributed by atoms with Crippen molar-refractivity contribution >= 4 is 23.2 Å². The molecule has 1 N–H and O–H groups in total. The first kappa shape index (κ1) is 15.5. The van der Waals surface area contributed by atoms with Crippen molar-refractivity contribution in [2.75, 3.05) is 31.6 Å². The molecule has 126 valence electrons. The molecule has 6 nitrogen and oxygen atoms in total. The Balaban J connectivity index is 1.38. The van der Waals surface area contributed by atoms with Crippen LogP contribution in [-0.4, -0.2) is 47.2 Å². The fourth-order valence-electron chi connectivity index (χ4n) is 3.50. The summed E-state index contributed by atoms with van der Waals surface area (Å²) >= 11 is 1.47. The lowest BCUT2D eigenvalue weighted by atomic mass is 9.73. The van der Waals surface area contributed by atoms with Gasteiger partial charge in [0, 0.05) is 23.4 Å². The van der Waals surface area contributed by atoms with Crippen LogP contribution in [0, 0.1) is 5.41 Å². The van der Waals surface area contributed by atoms with E-state index in [1.807, 2.05) is 12.1 Å². The van der Waals surface area contributed by atoms with Crippen LogP contribution < -0.4 is 5.32 Å². The standard InChI is InChI=1S/C17H20N4O2S/c22-16(23-11-17-3-7-21(8-4-17)9-5-17)20-15-14(24-12-19-15)13-2-1-6-18-10-13/h1-2,6,10,12H,3-5,7-9,11H2,(H,20,22). The molecule has 0 aliphatic carbocycles. The van der Waals surface area contributed by atoms with E-state index >= 15 is 0 Å². The summed E-state index contributed by atoms with van der Waals surface area (Å²) in [6.07, 6.45) is 6.43. The highest BCUT2D eigenvalue weighted by Gasteiger charge is 2.40. The summed E-state index contributed by atoms with van der Waals surface area (Å²) in [5.74, 6) is 0.536. The molecule has 0 atom stereocenters. The largest absolute Gasteiger partial charge is 0.449 e. The molecular formula is C17H20N4O2S. The number of anilines is 1. The molecule has 2 bridgehead atoms. The van der Waals surface area contributed by atoms with Crippen molar-refractivity contribution in [3.63, 3.8) is 0 Å². The predicted octanol–water partition coefficient (Wildman–Crippen LogP) is 3.24. The number of carbonyl (C=O) groups excluding carboxylic acids is 1. The molecule has 0 radical (unpaired) electrons. The monoisotopic (exact) mass is 344 g/mol. The van der Waals surface area contributed by atoms with Crippen LogP contribution in [0.2, 0.25) is 0 Å². The number of fused-ring (bicyclic) bond motifs is 3. The van der Waals surface area contributed by atoms with Crippen molar-refractivity contribution in [3.8, 4) is 10.4 Å². The first-order chi connectivity index (χ1) is 11.7. The zero-order valence-electron chi connectivity index (χ0n) is 13.4. The van der Waals surface area contributed by atoms with E-state index in [-0.39, 0.29) is 5.41 Å². The lowest BCUT2D eigenvalue weighted by Gasteiger charge is -2.47. The minimum Gasteiger partial charge on any atom is -0.449 e. The van der Waals surface area contributed by atoms with Gasteiger partial charge < -0.3 is 9.64 Å². The normalized spacial score (nSPS) is 25.4. The van der Waals surface area contributed by atoms with Crippen molar-refractivity contribution in [1.82, 2.24) is 14.9 Å². The van der Waals surface area contributed by atoms with Crippen molar-refractivity contribution in [1.29, 1.82) is 0 Å².